The van der Waals surface area contributed by atoms with Crippen LogP contribution >= 0.6 is 0 Å². The molecule has 0 unspecified atom stereocenters. The maximum Gasteiger partial charge on any atom is 0.241 e. The summed E-state index contributed by atoms with van der Waals surface area (Å²) in [6.07, 6.45) is 9.06. The minimum Gasteiger partial charge on any atom is -0.547 e. The largest absolute Gasteiger partial charge is 0.547 e. The molecule has 0 spiro atoms. The minimum absolute atomic E-state index is 0.0711. The highest BCUT2D eigenvalue weighted by Crippen LogP contribution is 2.74. The van der Waals surface area contributed by atoms with E-state index in [-0.39, 0.29) is 5.60 Å². The van der Waals surface area contributed by atoms with Crippen molar-refractivity contribution in [2.75, 3.05) is 0 Å². The van der Waals surface area contributed by atoms with Gasteiger partial charge >= 0.3 is 0 Å². The van der Waals surface area contributed by atoms with Crippen LogP contribution < -0.4 is 0 Å². The summed E-state index contributed by atoms with van der Waals surface area (Å²) in [4.78, 5) is 0. The molecule has 2 nitrogen and oxygen atoms in total. The lowest BCUT2D eigenvalue weighted by molar-refractivity contribution is -0.126. The van der Waals surface area contributed by atoms with E-state index in [1.54, 1.807) is 0 Å². The first-order chi connectivity index (χ1) is 12.8. The fourth-order valence-electron chi connectivity index (χ4n) is 7.71. The zero-order valence-corrected chi connectivity index (χ0v) is 21.9. The molecule has 7 atom stereocenters. The Kier molecular flexibility index (Phi) is 4.89. The SMILES string of the molecule is C[C@@H]1C[C@@H]2[C@@H]([C@@H]3CC=C(O[Si](C)(C)C)[C@@H]4CCC[C@H]4[C@@]13O[Si](C)(C)C)C2(C)C. The normalized spacial score (nSPS) is 44.7. The number of fused-ring (bicyclic) bond motifs is 5. The Morgan fingerprint density at radius 2 is 1.61 bits per heavy atom. The molecule has 0 aliphatic heterocycles. The number of rotatable bonds is 4. The molecular weight excluding hydrogens is 376 g/mol. The van der Waals surface area contributed by atoms with E-state index in [1.165, 1.54) is 37.9 Å². The first-order valence-corrected chi connectivity index (χ1v) is 18.7. The van der Waals surface area contributed by atoms with E-state index >= 15 is 0 Å². The minimum atomic E-state index is -1.67. The molecule has 0 amide bonds. The molecule has 0 saturated heterocycles. The van der Waals surface area contributed by atoms with Crippen LogP contribution in [0.25, 0.3) is 0 Å². The molecule has 160 valence electrons. The van der Waals surface area contributed by atoms with Gasteiger partial charge in [0.15, 0.2) is 8.32 Å². The molecule has 4 heteroatoms. The van der Waals surface area contributed by atoms with E-state index in [9.17, 15) is 0 Å². The molecule has 0 radical (unpaired) electrons. The van der Waals surface area contributed by atoms with Crippen molar-refractivity contribution in [3.8, 4) is 0 Å². The van der Waals surface area contributed by atoms with Crippen molar-refractivity contribution in [1.82, 2.24) is 0 Å². The summed E-state index contributed by atoms with van der Waals surface area (Å²) in [7, 11) is -3.27. The van der Waals surface area contributed by atoms with E-state index < -0.39 is 16.6 Å². The van der Waals surface area contributed by atoms with Gasteiger partial charge in [-0.2, -0.15) is 0 Å². The van der Waals surface area contributed by atoms with E-state index in [4.69, 9.17) is 8.85 Å². The molecule has 0 aromatic carbocycles. The Morgan fingerprint density at radius 3 is 2.21 bits per heavy atom. The number of hydrogen-bond acceptors (Lipinski definition) is 2. The predicted molar refractivity (Wildman–Crippen MR) is 123 cm³/mol. The van der Waals surface area contributed by atoms with Gasteiger partial charge in [0.05, 0.1) is 11.4 Å². The van der Waals surface area contributed by atoms with Crippen LogP contribution in [0.5, 0.6) is 0 Å². The van der Waals surface area contributed by atoms with Crippen LogP contribution in [-0.4, -0.2) is 22.2 Å². The Bertz CT molecular complexity index is 656. The first kappa shape index (κ1) is 21.2. The fourth-order valence-corrected chi connectivity index (χ4v) is 10.2. The summed E-state index contributed by atoms with van der Waals surface area (Å²) in [6.45, 7) is 21.9. The van der Waals surface area contributed by atoms with Gasteiger partial charge in [-0.1, -0.05) is 27.2 Å². The predicted octanol–water partition coefficient (Wildman–Crippen LogP) is 7.06. The van der Waals surface area contributed by atoms with E-state index in [0.29, 0.717) is 29.1 Å². The van der Waals surface area contributed by atoms with Crippen LogP contribution in [0, 0.1) is 40.9 Å². The molecule has 0 heterocycles. The van der Waals surface area contributed by atoms with E-state index in [1.807, 2.05) is 0 Å². The molecule has 3 saturated carbocycles. The maximum absolute atomic E-state index is 7.41. The van der Waals surface area contributed by atoms with Crippen LogP contribution in [0.2, 0.25) is 39.3 Å². The highest BCUT2D eigenvalue weighted by Gasteiger charge is 2.72. The fraction of sp³-hybridized carbons (Fsp3) is 0.917. The third-order valence-corrected chi connectivity index (χ3v) is 10.3. The molecular formula is C24H44O2Si2. The highest BCUT2D eigenvalue weighted by atomic mass is 28.4. The Morgan fingerprint density at radius 1 is 0.929 bits per heavy atom. The van der Waals surface area contributed by atoms with Gasteiger partial charge in [-0.05, 0) is 106 Å². The standard InChI is InChI=1S/C24H44O2Si2/c1-16-15-20-22(23(20,2)3)19-13-14-21(25-27(4,5)6)17-11-10-12-18(17)24(16,19)26-28(7,8)9/h14,16-20,22H,10-13,15H2,1-9H3/t16-,17-,18-,19+,20-,22-,24+/m1/s1. The molecule has 3 fully saturated rings. The second-order valence-electron chi connectivity index (χ2n) is 13.0. The molecule has 4 aliphatic carbocycles. The summed E-state index contributed by atoms with van der Waals surface area (Å²) < 4.78 is 14.2. The van der Waals surface area contributed by atoms with E-state index in [2.05, 4.69) is 66.1 Å². The van der Waals surface area contributed by atoms with E-state index in [0.717, 1.165) is 11.8 Å². The maximum atomic E-state index is 7.41. The molecule has 0 aromatic heterocycles. The molecule has 28 heavy (non-hydrogen) atoms. The van der Waals surface area contributed by atoms with Crippen LogP contribution in [0.1, 0.15) is 52.9 Å². The number of allylic oxidation sites excluding steroid dienone is 2. The van der Waals surface area contributed by atoms with Gasteiger partial charge in [-0.15, -0.1) is 0 Å². The third kappa shape index (κ3) is 3.30. The zero-order chi connectivity index (χ0) is 20.7. The summed E-state index contributed by atoms with van der Waals surface area (Å²) in [5.41, 5.74) is 0.567. The average molecular weight is 421 g/mol. The molecule has 0 aromatic rings. The monoisotopic (exact) mass is 420 g/mol. The Balaban J connectivity index is 1.80. The first-order valence-electron chi connectivity index (χ1n) is 11.9. The van der Waals surface area contributed by atoms with Gasteiger partial charge in [-0.25, -0.2) is 0 Å². The molecule has 4 aliphatic rings. The summed E-state index contributed by atoms with van der Waals surface area (Å²) in [6, 6.07) is 0. The second kappa shape index (κ2) is 6.46. The van der Waals surface area contributed by atoms with Crippen LogP contribution in [-0.2, 0) is 8.85 Å². The molecule has 4 rings (SSSR count). The van der Waals surface area contributed by atoms with Crippen molar-refractivity contribution in [2.45, 2.75) is 97.8 Å². The van der Waals surface area contributed by atoms with Crippen molar-refractivity contribution < 1.29 is 8.85 Å². The summed E-state index contributed by atoms with van der Waals surface area (Å²) >= 11 is 0. The second-order valence-corrected chi connectivity index (χ2v) is 21.8. The lowest BCUT2D eigenvalue weighted by atomic mass is 9.61. The van der Waals surface area contributed by atoms with Crippen molar-refractivity contribution in [3.63, 3.8) is 0 Å². The summed E-state index contributed by atoms with van der Waals surface area (Å²) in [5.74, 6) is 5.68. The van der Waals surface area contributed by atoms with Crippen LogP contribution in [0.15, 0.2) is 11.8 Å². The van der Waals surface area contributed by atoms with Crippen LogP contribution in [0.4, 0.5) is 0 Å². The lowest BCUT2D eigenvalue weighted by Gasteiger charge is -2.55. The Hall–Kier alpha value is -0.0662. The summed E-state index contributed by atoms with van der Waals surface area (Å²) in [5, 5.41) is 0. The van der Waals surface area contributed by atoms with Crippen LogP contribution in [0.3, 0.4) is 0 Å². The van der Waals surface area contributed by atoms with Gasteiger partial charge < -0.3 is 8.85 Å². The smallest absolute Gasteiger partial charge is 0.241 e. The highest BCUT2D eigenvalue weighted by molar-refractivity contribution is 6.70. The van der Waals surface area contributed by atoms with Gasteiger partial charge in [0.1, 0.15) is 0 Å². The van der Waals surface area contributed by atoms with Crippen molar-refractivity contribution in [1.29, 1.82) is 0 Å². The van der Waals surface area contributed by atoms with Crippen molar-refractivity contribution in [2.24, 2.45) is 40.9 Å². The van der Waals surface area contributed by atoms with Crippen molar-refractivity contribution in [3.05, 3.63) is 11.8 Å². The average Bonchev–Trinajstić information content (AvgIpc) is 2.91. The zero-order valence-electron chi connectivity index (χ0n) is 19.9. The van der Waals surface area contributed by atoms with Gasteiger partial charge in [0.25, 0.3) is 0 Å². The molecule has 0 N–H and O–H groups in total. The topological polar surface area (TPSA) is 18.5 Å². The quantitative estimate of drug-likeness (QED) is 0.453. The number of hydrogen-bond donors (Lipinski definition) is 0. The van der Waals surface area contributed by atoms with Gasteiger partial charge in [0.2, 0.25) is 8.32 Å². The molecule has 0 bridgehead atoms. The lowest BCUT2D eigenvalue weighted by Crippen LogP contribution is -2.60. The van der Waals surface area contributed by atoms with Crippen molar-refractivity contribution >= 4 is 16.6 Å². The van der Waals surface area contributed by atoms with Gasteiger partial charge in [-0.3, -0.25) is 0 Å². The Labute approximate surface area is 176 Å². The van der Waals surface area contributed by atoms with Gasteiger partial charge in [0, 0.05) is 5.92 Å². The third-order valence-electron chi connectivity index (χ3n) is 8.47.